The Morgan fingerprint density at radius 3 is 2.84 bits per heavy atom. The van der Waals surface area contributed by atoms with Crippen molar-refractivity contribution >= 4 is 0 Å². The van der Waals surface area contributed by atoms with Crippen molar-refractivity contribution in [2.45, 2.75) is 38.3 Å². The summed E-state index contributed by atoms with van der Waals surface area (Å²) in [6.07, 6.45) is 3.46. The highest BCUT2D eigenvalue weighted by Crippen LogP contribution is 2.38. The number of benzene rings is 1. The highest BCUT2D eigenvalue weighted by atomic mass is 19.1. The second-order valence-electron chi connectivity index (χ2n) is 5.53. The molecular formula is C15H16FN3. The van der Waals surface area contributed by atoms with Crippen LogP contribution in [0.25, 0.3) is 5.69 Å². The average molecular weight is 257 g/mol. The first kappa shape index (κ1) is 11.2. The van der Waals surface area contributed by atoms with Crippen LogP contribution in [-0.2, 0) is 6.42 Å². The molecule has 1 aromatic carbocycles. The van der Waals surface area contributed by atoms with Crippen molar-refractivity contribution in [3.8, 4) is 5.69 Å². The van der Waals surface area contributed by atoms with Gasteiger partial charge in [0.25, 0.3) is 0 Å². The summed E-state index contributed by atoms with van der Waals surface area (Å²) in [5, 5.41) is 8.31. The van der Waals surface area contributed by atoms with Crippen LogP contribution in [0.4, 0.5) is 4.39 Å². The maximum Gasteiger partial charge on any atom is 0.123 e. The monoisotopic (exact) mass is 257 g/mol. The molecule has 2 atom stereocenters. The molecule has 0 unspecified atom stereocenters. The van der Waals surface area contributed by atoms with Crippen molar-refractivity contribution < 1.29 is 4.39 Å². The number of hydrogen-bond donors (Lipinski definition) is 1. The van der Waals surface area contributed by atoms with E-state index >= 15 is 0 Å². The molecule has 3 heterocycles. The van der Waals surface area contributed by atoms with E-state index in [-0.39, 0.29) is 5.82 Å². The number of rotatable bonds is 1. The molecule has 98 valence electrons. The molecule has 4 rings (SSSR count). The lowest BCUT2D eigenvalue weighted by Crippen LogP contribution is -2.32. The molecule has 0 radical (unpaired) electrons. The molecule has 0 spiro atoms. The van der Waals surface area contributed by atoms with Gasteiger partial charge in [-0.3, -0.25) is 0 Å². The predicted octanol–water partition coefficient (Wildman–Crippen LogP) is 2.67. The molecule has 2 bridgehead atoms. The predicted molar refractivity (Wildman–Crippen MR) is 70.9 cm³/mol. The lowest BCUT2D eigenvalue weighted by Gasteiger charge is -2.23. The number of fused-ring (bicyclic) bond motifs is 4. The molecule has 0 saturated carbocycles. The van der Waals surface area contributed by atoms with Crippen molar-refractivity contribution in [1.29, 1.82) is 0 Å². The Morgan fingerprint density at radius 2 is 2.05 bits per heavy atom. The van der Waals surface area contributed by atoms with Crippen LogP contribution in [-0.4, -0.2) is 15.8 Å². The second kappa shape index (κ2) is 3.90. The average Bonchev–Trinajstić information content (AvgIpc) is 2.93. The van der Waals surface area contributed by atoms with E-state index in [4.69, 9.17) is 0 Å². The van der Waals surface area contributed by atoms with Gasteiger partial charge in [0.2, 0.25) is 0 Å². The fourth-order valence-electron chi connectivity index (χ4n) is 3.47. The molecule has 1 aromatic heterocycles. The van der Waals surface area contributed by atoms with Crippen molar-refractivity contribution in [2.75, 3.05) is 0 Å². The molecule has 19 heavy (non-hydrogen) atoms. The first-order valence-electron chi connectivity index (χ1n) is 6.83. The van der Waals surface area contributed by atoms with Crippen LogP contribution in [0.2, 0.25) is 0 Å². The Hall–Kier alpha value is -1.68. The number of halogens is 1. The molecule has 0 amide bonds. The molecule has 2 aliphatic heterocycles. The molecule has 1 saturated heterocycles. The van der Waals surface area contributed by atoms with Gasteiger partial charge in [0.1, 0.15) is 5.82 Å². The second-order valence-corrected chi connectivity index (χ2v) is 5.53. The zero-order chi connectivity index (χ0) is 13.0. The van der Waals surface area contributed by atoms with Crippen LogP contribution in [0.3, 0.4) is 0 Å². The topological polar surface area (TPSA) is 29.9 Å². The Labute approximate surface area is 111 Å². The normalized spacial score (nSPS) is 24.5. The summed E-state index contributed by atoms with van der Waals surface area (Å²) in [5.74, 6) is -0.205. The zero-order valence-corrected chi connectivity index (χ0v) is 10.9. The maximum atomic E-state index is 13.0. The van der Waals surface area contributed by atoms with E-state index in [1.165, 1.54) is 36.2 Å². The van der Waals surface area contributed by atoms with Crippen LogP contribution in [0.1, 0.15) is 35.8 Å². The van der Waals surface area contributed by atoms with E-state index in [2.05, 4.69) is 17.3 Å². The van der Waals surface area contributed by atoms with Gasteiger partial charge in [-0.15, -0.1) is 0 Å². The molecule has 0 aliphatic carbocycles. The summed E-state index contributed by atoms with van der Waals surface area (Å²) < 4.78 is 15.0. The van der Waals surface area contributed by atoms with Gasteiger partial charge in [-0.25, -0.2) is 9.07 Å². The fraction of sp³-hybridized carbons (Fsp3) is 0.400. The summed E-state index contributed by atoms with van der Waals surface area (Å²) in [6.45, 7) is 2.07. The number of nitrogens with zero attached hydrogens (tertiary/aromatic N) is 2. The van der Waals surface area contributed by atoms with Crippen molar-refractivity contribution in [3.05, 3.63) is 47.0 Å². The third kappa shape index (κ3) is 1.63. The quantitative estimate of drug-likeness (QED) is 0.851. The summed E-state index contributed by atoms with van der Waals surface area (Å²) in [4.78, 5) is 0. The Kier molecular flexibility index (Phi) is 2.30. The van der Waals surface area contributed by atoms with E-state index in [0.29, 0.717) is 12.1 Å². The molecule has 3 nitrogen and oxygen atoms in total. The number of aromatic nitrogens is 2. The SMILES string of the molecule is Cc1nn(-c2ccc(F)cc2)c2c1[C@@H]1CC[C@H](C2)N1. The standard InChI is InChI=1S/C15H16FN3/c1-9-15-13-7-4-11(17-13)8-14(15)19(18-9)12-5-2-10(16)3-6-12/h2-3,5-6,11,13,17H,4,7-8H2,1H3/t11-,13+/m1/s1. The van der Waals surface area contributed by atoms with Crippen LogP contribution in [0.15, 0.2) is 24.3 Å². The maximum absolute atomic E-state index is 13.0. The summed E-state index contributed by atoms with van der Waals surface area (Å²) in [7, 11) is 0. The van der Waals surface area contributed by atoms with Crippen LogP contribution >= 0.6 is 0 Å². The summed E-state index contributed by atoms with van der Waals surface area (Å²) in [6, 6.07) is 7.62. The summed E-state index contributed by atoms with van der Waals surface area (Å²) >= 11 is 0. The van der Waals surface area contributed by atoms with Gasteiger partial charge in [-0.2, -0.15) is 5.10 Å². The van der Waals surface area contributed by atoms with Gasteiger partial charge >= 0.3 is 0 Å². The van der Waals surface area contributed by atoms with Gasteiger partial charge < -0.3 is 5.32 Å². The van der Waals surface area contributed by atoms with Gasteiger partial charge in [0.05, 0.1) is 17.1 Å². The minimum atomic E-state index is -0.205. The van der Waals surface area contributed by atoms with Crippen molar-refractivity contribution in [1.82, 2.24) is 15.1 Å². The van der Waals surface area contributed by atoms with Gasteiger partial charge in [-0.1, -0.05) is 0 Å². The van der Waals surface area contributed by atoms with Gasteiger partial charge in [-0.05, 0) is 44.0 Å². The third-order valence-electron chi connectivity index (χ3n) is 4.31. The van der Waals surface area contributed by atoms with E-state index in [1.54, 1.807) is 12.1 Å². The molecular weight excluding hydrogens is 241 g/mol. The van der Waals surface area contributed by atoms with Crippen molar-refractivity contribution in [2.24, 2.45) is 0 Å². The smallest absolute Gasteiger partial charge is 0.123 e. The third-order valence-corrected chi connectivity index (χ3v) is 4.31. The highest BCUT2D eigenvalue weighted by molar-refractivity contribution is 5.41. The van der Waals surface area contributed by atoms with E-state index in [0.717, 1.165) is 17.8 Å². The summed E-state index contributed by atoms with van der Waals surface area (Å²) in [5.41, 5.74) is 4.71. The molecule has 2 aromatic rings. The van der Waals surface area contributed by atoms with Crippen LogP contribution in [0, 0.1) is 12.7 Å². The molecule has 1 N–H and O–H groups in total. The number of hydrogen-bond acceptors (Lipinski definition) is 2. The van der Waals surface area contributed by atoms with E-state index < -0.39 is 0 Å². The first-order valence-corrected chi connectivity index (χ1v) is 6.83. The zero-order valence-electron chi connectivity index (χ0n) is 10.9. The molecule has 2 aliphatic rings. The van der Waals surface area contributed by atoms with Crippen molar-refractivity contribution in [3.63, 3.8) is 0 Å². The Morgan fingerprint density at radius 1 is 1.26 bits per heavy atom. The number of nitrogens with one attached hydrogen (secondary N) is 1. The van der Waals surface area contributed by atoms with Gasteiger partial charge in [0.15, 0.2) is 0 Å². The molecule has 4 heteroatoms. The minimum Gasteiger partial charge on any atom is -0.307 e. The minimum absolute atomic E-state index is 0.205. The van der Waals surface area contributed by atoms with Crippen LogP contribution in [0.5, 0.6) is 0 Å². The largest absolute Gasteiger partial charge is 0.307 e. The molecule has 1 fully saturated rings. The first-order chi connectivity index (χ1) is 9.22. The lowest BCUT2D eigenvalue weighted by atomic mass is 10.00. The number of aryl methyl sites for hydroxylation is 1. The van der Waals surface area contributed by atoms with Gasteiger partial charge in [0, 0.05) is 24.1 Å². The Balaban J connectivity index is 1.86. The lowest BCUT2D eigenvalue weighted by molar-refractivity contribution is 0.503. The van der Waals surface area contributed by atoms with E-state index in [9.17, 15) is 4.39 Å². The Bertz CT molecular complexity index is 630. The van der Waals surface area contributed by atoms with Crippen LogP contribution < -0.4 is 5.32 Å². The highest BCUT2D eigenvalue weighted by Gasteiger charge is 2.36. The fourth-order valence-corrected chi connectivity index (χ4v) is 3.47. The van der Waals surface area contributed by atoms with E-state index in [1.807, 2.05) is 4.68 Å².